The molecule has 1 fully saturated rings. The Bertz CT molecular complexity index is 757. The van der Waals surface area contributed by atoms with E-state index in [1.54, 1.807) is 18.2 Å². The van der Waals surface area contributed by atoms with Crippen LogP contribution in [0.3, 0.4) is 0 Å². The Morgan fingerprint density at radius 2 is 1.81 bits per heavy atom. The molecule has 0 radical (unpaired) electrons. The highest BCUT2D eigenvalue weighted by Crippen LogP contribution is 2.49. The summed E-state index contributed by atoms with van der Waals surface area (Å²) in [6.45, 7) is 0. The highest BCUT2D eigenvalue weighted by molar-refractivity contribution is 5.83. The van der Waals surface area contributed by atoms with Crippen LogP contribution in [0.25, 0.3) is 11.0 Å². The third-order valence-corrected chi connectivity index (χ3v) is 4.69. The first-order chi connectivity index (χ1) is 10.1. The van der Waals surface area contributed by atoms with Gasteiger partial charge in [-0.25, -0.2) is 4.79 Å². The molecule has 4 rings (SSSR count). The Labute approximate surface area is 120 Å². The van der Waals surface area contributed by atoms with Gasteiger partial charge in [0.2, 0.25) is 0 Å². The number of fused-ring (bicyclic) bond motifs is 3. The van der Waals surface area contributed by atoms with E-state index in [-0.39, 0.29) is 0 Å². The molecule has 21 heavy (non-hydrogen) atoms. The lowest BCUT2D eigenvalue weighted by molar-refractivity contribution is -0.125. The van der Waals surface area contributed by atoms with Crippen LogP contribution < -0.4 is 10.4 Å². The summed E-state index contributed by atoms with van der Waals surface area (Å²) < 4.78 is 11.3. The lowest BCUT2D eigenvalue weighted by atomic mass is 9.84. The zero-order valence-corrected chi connectivity index (χ0v) is 11.4. The molecular weight excluding hydrogens is 272 g/mol. The molecule has 1 aliphatic heterocycles. The van der Waals surface area contributed by atoms with Crippen LogP contribution >= 0.6 is 0 Å². The average Bonchev–Trinajstić information content (AvgIpc) is 2.93. The Hall–Kier alpha value is -1.85. The molecule has 2 N–H and O–H groups in total. The second kappa shape index (κ2) is 4.32. The van der Waals surface area contributed by atoms with Crippen LogP contribution in [0.1, 0.15) is 37.4 Å². The second-order valence-corrected chi connectivity index (χ2v) is 5.91. The first kappa shape index (κ1) is 12.9. The highest BCUT2D eigenvalue weighted by atomic mass is 16.5. The van der Waals surface area contributed by atoms with Gasteiger partial charge in [0, 0.05) is 11.5 Å². The summed E-state index contributed by atoms with van der Waals surface area (Å²) in [5, 5.41) is 21.8. The molecule has 0 amide bonds. The normalized spacial score (nSPS) is 26.8. The Morgan fingerprint density at radius 1 is 1.10 bits per heavy atom. The molecule has 0 bridgehead atoms. The maximum Gasteiger partial charge on any atom is 0.336 e. The van der Waals surface area contributed by atoms with Crippen LogP contribution in [0.2, 0.25) is 0 Å². The van der Waals surface area contributed by atoms with Crippen molar-refractivity contribution < 1.29 is 19.4 Å². The fraction of sp³-hybridized carbons (Fsp3) is 0.438. The first-order valence-corrected chi connectivity index (χ1v) is 7.23. The summed E-state index contributed by atoms with van der Waals surface area (Å²) in [6.07, 6.45) is 1.27. The van der Waals surface area contributed by atoms with Crippen molar-refractivity contribution in [2.75, 3.05) is 0 Å². The van der Waals surface area contributed by atoms with Crippen LogP contribution in [0.5, 0.6) is 5.75 Å². The van der Waals surface area contributed by atoms with Gasteiger partial charge in [-0.2, -0.15) is 0 Å². The van der Waals surface area contributed by atoms with Crippen LogP contribution in [0.15, 0.2) is 33.5 Å². The molecule has 110 valence electrons. The molecule has 0 saturated heterocycles. The van der Waals surface area contributed by atoms with E-state index >= 15 is 0 Å². The molecular formula is C16H16O5. The summed E-state index contributed by atoms with van der Waals surface area (Å²) in [7, 11) is 0. The molecule has 2 aliphatic rings. The van der Waals surface area contributed by atoms with Crippen molar-refractivity contribution in [3.05, 3.63) is 40.2 Å². The third kappa shape index (κ3) is 1.74. The van der Waals surface area contributed by atoms with E-state index < -0.39 is 23.4 Å². The summed E-state index contributed by atoms with van der Waals surface area (Å²) in [5.41, 5.74) is -0.539. The summed E-state index contributed by atoms with van der Waals surface area (Å²) in [5.74, 6) is 0.497. The minimum Gasteiger partial charge on any atom is -0.484 e. The fourth-order valence-corrected chi connectivity index (χ4v) is 3.60. The largest absolute Gasteiger partial charge is 0.484 e. The van der Waals surface area contributed by atoms with E-state index in [1.165, 1.54) is 6.07 Å². The number of ether oxygens (including phenoxy) is 1. The van der Waals surface area contributed by atoms with Crippen LogP contribution in [-0.4, -0.2) is 21.9 Å². The molecule has 0 unspecified atom stereocenters. The van der Waals surface area contributed by atoms with E-state index in [1.807, 2.05) is 0 Å². The van der Waals surface area contributed by atoms with Gasteiger partial charge in [0.1, 0.15) is 29.1 Å². The molecule has 2 atom stereocenters. The number of hydrogen-bond acceptors (Lipinski definition) is 5. The van der Waals surface area contributed by atoms with Crippen molar-refractivity contribution in [1.82, 2.24) is 0 Å². The Morgan fingerprint density at radius 3 is 2.57 bits per heavy atom. The quantitative estimate of drug-likeness (QED) is 0.724. The lowest BCUT2D eigenvalue weighted by Crippen LogP contribution is -2.51. The number of aliphatic hydroxyl groups is 2. The minimum absolute atomic E-state index is 0.291. The van der Waals surface area contributed by atoms with Gasteiger partial charge in [-0.1, -0.05) is 0 Å². The molecule has 1 aliphatic carbocycles. The molecule has 5 heteroatoms. The molecule has 5 nitrogen and oxygen atoms in total. The molecule has 1 aromatic heterocycles. The van der Waals surface area contributed by atoms with Crippen molar-refractivity contribution in [3.63, 3.8) is 0 Å². The van der Waals surface area contributed by atoms with Gasteiger partial charge in [0.25, 0.3) is 0 Å². The summed E-state index contributed by atoms with van der Waals surface area (Å²) in [4.78, 5) is 11.5. The predicted octanol–water partition coefficient (Wildman–Crippen LogP) is 1.89. The van der Waals surface area contributed by atoms with Crippen LogP contribution in [0.4, 0.5) is 0 Å². The van der Waals surface area contributed by atoms with Crippen molar-refractivity contribution in [2.24, 2.45) is 0 Å². The maximum absolute atomic E-state index is 11.5. The van der Waals surface area contributed by atoms with Crippen molar-refractivity contribution in [3.8, 4) is 5.75 Å². The summed E-state index contributed by atoms with van der Waals surface area (Å²) in [6, 6.07) is 6.54. The second-order valence-electron chi connectivity index (χ2n) is 5.91. The van der Waals surface area contributed by atoms with Gasteiger partial charge in [0.05, 0.1) is 5.56 Å². The Kier molecular flexibility index (Phi) is 2.65. The van der Waals surface area contributed by atoms with Gasteiger partial charge in [-0.15, -0.1) is 0 Å². The van der Waals surface area contributed by atoms with Crippen molar-refractivity contribution >= 4 is 11.0 Å². The number of benzene rings is 1. The number of rotatable bonds is 0. The fourth-order valence-electron chi connectivity index (χ4n) is 3.60. The molecule has 1 spiro atoms. The van der Waals surface area contributed by atoms with E-state index in [0.717, 1.165) is 25.7 Å². The zero-order valence-electron chi connectivity index (χ0n) is 11.4. The van der Waals surface area contributed by atoms with E-state index in [2.05, 4.69) is 0 Å². The third-order valence-electron chi connectivity index (χ3n) is 4.69. The minimum atomic E-state index is -1.11. The SMILES string of the molecule is O=c1ccc2ccc3c(c2o1)[C@H](O)[C@H](O)C1(CCCC1)O3. The highest BCUT2D eigenvalue weighted by Gasteiger charge is 2.51. The smallest absolute Gasteiger partial charge is 0.336 e. The van der Waals surface area contributed by atoms with Gasteiger partial charge >= 0.3 is 5.63 Å². The van der Waals surface area contributed by atoms with Crippen molar-refractivity contribution in [1.29, 1.82) is 0 Å². The van der Waals surface area contributed by atoms with E-state index in [0.29, 0.717) is 22.3 Å². The standard InChI is InChI=1S/C16H16O5/c17-11-6-4-9-3-5-10-12(14(9)20-11)13(18)15(19)16(21-10)7-1-2-8-16/h3-6,13,15,18-19H,1-2,7-8H2/t13-,15-/m0/s1. The van der Waals surface area contributed by atoms with Crippen molar-refractivity contribution in [2.45, 2.75) is 43.5 Å². The van der Waals surface area contributed by atoms with Crippen LogP contribution in [-0.2, 0) is 0 Å². The molecule has 2 heterocycles. The average molecular weight is 288 g/mol. The molecule has 2 aromatic rings. The van der Waals surface area contributed by atoms with E-state index in [4.69, 9.17) is 9.15 Å². The predicted molar refractivity (Wildman–Crippen MR) is 75.3 cm³/mol. The van der Waals surface area contributed by atoms with Gasteiger partial charge in [-0.05, 0) is 43.9 Å². The first-order valence-electron chi connectivity index (χ1n) is 7.23. The number of hydrogen-bond donors (Lipinski definition) is 2. The Balaban J connectivity index is 1.95. The van der Waals surface area contributed by atoms with Gasteiger partial charge in [-0.3, -0.25) is 0 Å². The zero-order chi connectivity index (χ0) is 14.6. The monoisotopic (exact) mass is 288 g/mol. The van der Waals surface area contributed by atoms with Crippen LogP contribution in [0, 0.1) is 0 Å². The maximum atomic E-state index is 11.5. The molecule has 1 aromatic carbocycles. The topological polar surface area (TPSA) is 79.9 Å². The van der Waals surface area contributed by atoms with E-state index in [9.17, 15) is 15.0 Å². The summed E-state index contributed by atoms with van der Waals surface area (Å²) >= 11 is 0. The van der Waals surface area contributed by atoms with Gasteiger partial charge in [0.15, 0.2) is 0 Å². The molecule has 1 saturated carbocycles. The number of aliphatic hydroxyl groups excluding tert-OH is 2. The lowest BCUT2D eigenvalue weighted by Gasteiger charge is -2.42. The van der Waals surface area contributed by atoms with Gasteiger partial charge < -0.3 is 19.4 Å².